The zero-order valence-electron chi connectivity index (χ0n) is 21.8. The van der Waals surface area contributed by atoms with Crippen molar-refractivity contribution in [1.82, 2.24) is 15.2 Å². The molecule has 39 heavy (non-hydrogen) atoms. The monoisotopic (exact) mass is 548 g/mol. The molecule has 0 spiro atoms. The molecule has 1 fully saturated rings. The first kappa shape index (κ1) is 26.8. The van der Waals surface area contributed by atoms with Crippen LogP contribution < -0.4 is 15.4 Å². The van der Waals surface area contributed by atoms with Crippen LogP contribution in [0.15, 0.2) is 60.2 Å². The number of anilines is 1. The first-order valence-corrected chi connectivity index (χ1v) is 14.0. The standard InChI is InChI=1S/C29H32N4O5S/c1-33-24-6-5-21(16-27(34)31-13-10-19-8-11-30-12-9-19)38-26(24)18-37-25-7-4-20(15-23(25)29(33)36)32-28(35)17-22-3-2-14-39-22/h2-4,7-9,11-12,14-15,21,24,26H,5-6,10,13,16-18H2,1H3,(H,31,34)(H,32,35)/t21-,24+,26-/m1/s1. The lowest BCUT2D eigenvalue weighted by Crippen LogP contribution is -2.54. The van der Waals surface area contributed by atoms with Gasteiger partial charge in [0.05, 0.1) is 30.6 Å². The number of likely N-dealkylation sites (N-methyl/N-ethyl adjacent to an activating group) is 1. The second-order valence-corrected chi connectivity index (χ2v) is 10.9. The summed E-state index contributed by atoms with van der Waals surface area (Å²) in [4.78, 5) is 45.1. The van der Waals surface area contributed by atoms with E-state index in [0.29, 0.717) is 36.4 Å². The van der Waals surface area contributed by atoms with E-state index in [-0.39, 0.29) is 55.4 Å². The summed E-state index contributed by atoms with van der Waals surface area (Å²) in [5.41, 5.74) is 2.07. The van der Waals surface area contributed by atoms with Crippen molar-refractivity contribution in [3.05, 3.63) is 76.2 Å². The number of pyridine rings is 1. The molecule has 5 rings (SSSR count). The Labute approximate surface area is 231 Å². The van der Waals surface area contributed by atoms with Gasteiger partial charge in [-0.25, -0.2) is 0 Å². The molecule has 2 aliphatic heterocycles. The van der Waals surface area contributed by atoms with Crippen LogP contribution in [0.2, 0.25) is 0 Å². The molecule has 0 radical (unpaired) electrons. The Morgan fingerprint density at radius 2 is 1.97 bits per heavy atom. The van der Waals surface area contributed by atoms with Gasteiger partial charge in [0.2, 0.25) is 11.8 Å². The topological polar surface area (TPSA) is 110 Å². The quantitative estimate of drug-likeness (QED) is 0.446. The van der Waals surface area contributed by atoms with Crippen LogP contribution in [0, 0.1) is 0 Å². The predicted molar refractivity (Wildman–Crippen MR) is 148 cm³/mol. The van der Waals surface area contributed by atoms with Crippen molar-refractivity contribution >= 4 is 34.7 Å². The van der Waals surface area contributed by atoms with E-state index in [1.165, 1.54) is 11.3 Å². The van der Waals surface area contributed by atoms with E-state index < -0.39 is 0 Å². The zero-order valence-corrected chi connectivity index (χ0v) is 22.6. The highest BCUT2D eigenvalue weighted by atomic mass is 32.1. The fraction of sp³-hybridized carbons (Fsp3) is 0.379. The minimum absolute atomic E-state index is 0.0531. The van der Waals surface area contributed by atoms with Crippen molar-refractivity contribution < 1.29 is 23.9 Å². The van der Waals surface area contributed by atoms with Gasteiger partial charge in [0.1, 0.15) is 18.5 Å². The van der Waals surface area contributed by atoms with Crippen molar-refractivity contribution in [3.63, 3.8) is 0 Å². The molecule has 10 heteroatoms. The van der Waals surface area contributed by atoms with Gasteiger partial charge in [-0.2, -0.15) is 0 Å². The number of ether oxygens (including phenoxy) is 2. The lowest BCUT2D eigenvalue weighted by atomic mass is 9.94. The molecule has 2 N–H and O–H groups in total. The van der Waals surface area contributed by atoms with E-state index in [1.807, 2.05) is 29.6 Å². The molecule has 3 amide bonds. The summed E-state index contributed by atoms with van der Waals surface area (Å²) in [6.45, 7) is 0.814. The van der Waals surface area contributed by atoms with Gasteiger partial charge in [0, 0.05) is 36.6 Å². The van der Waals surface area contributed by atoms with E-state index in [9.17, 15) is 14.4 Å². The third kappa shape index (κ3) is 6.82. The maximum Gasteiger partial charge on any atom is 0.257 e. The molecule has 3 aromatic rings. The van der Waals surface area contributed by atoms with Crippen LogP contribution in [0.25, 0.3) is 0 Å². The smallest absolute Gasteiger partial charge is 0.257 e. The summed E-state index contributed by atoms with van der Waals surface area (Å²) in [6.07, 6.45) is 5.56. The van der Waals surface area contributed by atoms with Crippen LogP contribution in [0.3, 0.4) is 0 Å². The Balaban J connectivity index is 1.17. The number of hydrogen-bond acceptors (Lipinski definition) is 7. The second-order valence-electron chi connectivity index (χ2n) is 9.84. The molecule has 3 atom stereocenters. The van der Waals surface area contributed by atoms with Crippen LogP contribution in [0.1, 0.15) is 40.1 Å². The molecule has 4 heterocycles. The summed E-state index contributed by atoms with van der Waals surface area (Å²) in [5.74, 6) is 0.0620. The van der Waals surface area contributed by atoms with E-state index in [1.54, 1.807) is 42.5 Å². The van der Waals surface area contributed by atoms with Crippen LogP contribution in [0.5, 0.6) is 5.75 Å². The van der Waals surface area contributed by atoms with Gasteiger partial charge in [0.25, 0.3) is 5.91 Å². The first-order valence-electron chi connectivity index (χ1n) is 13.1. The summed E-state index contributed by atoms with van der Waals surface area (Å²) in [7, 11) is 1.77. The number of rotatable bonds is 8. The van der Waals surface area contributed by atoms with Gasteiger partial charge in [-0.3, -0.25) is 19.4 Å². The fourth-order valence-corrected chi connectivity index (χ4v) is 5.76. The number of thiophene rings is 1. The number of aromatic nitrogens is 1. The minimum atomic E-state index is -0.347. The number of benzene rings is 1. The van der Waals surface area contributed by atoms with Crippen LogP contribution in [-0.4, -0.2) is 66.1 Å². The number of carbonyl (C=O) groups is 3. The largest absolute Gasteiger partial charge is 0.490 e. The van der Waals surface area contributed by atoms with Gasteiger partial charge in [-0.1, -0.05) is 6.07 Å². The molecule has 204 valence electrons. The van der Waals surface area contributed by atoms with Gasteiger partial charge in [0.15, 0.2) is 0 Å². The highest BCUT2D eigenvalue weighted by molar-refractivity contribution is 7.10. The number of nitrogens with zero attached hydrogens (tertiary/aromatic N) is 2. The molecule has 0 aliphatic carbocycles. The van der Waals surface area contributed by atoms with Crippen molar-refractivity contribution in [1.29, 1.82) is 0 Å². The average molecular weight is 549 g/mol. The van der Waals surface area contributed by atoms with Crippen molar-refractivity contribution in [3.8, 4) is 5.75 Å². The molecular formula is C29H32N4O5S. The third-order valence-corrected chi connectivity index (χ3v) is 7.98. The van der Waals surface area contributed by atoms with Crippen LogP contribution in [0.4, 0.5) is 5.69 Å². The maximum absolute atomic E-state index is 13.4. The predicted octanol–water partition coefficient (Wildman–Crippen LogP) is 3.45. The third-order valence-electron chi connectivity index (χ3n) is 7.11. The molecule has 1 saturated heterocycles. The normalized spacial score (nSPS) is 20.6. The van der Waals surface area contributed by atoms with Crippen molar-refractivity contribution in [2.75, 3.05) is 25.5 Å². The SMILES string of the molecule is CN1C(=O)c2cc(NC(=O)Cc3cccs3)ccc2OC[C@H]2O[C@@H](CC(=O)NCCc3ccncc3)CC[C@@H]21. The molecule has 2 aromatic heterocycles. The zero-order chi connectivity index (χ0) is 27.2. The molecule has 9 nitrogen and oxygen atoms in total. The Hall–Kier alpha value is -3.76. The van der Waals surface area contributed by atoms with E-state index in [4.69, 9.17) is 9.47 Å². The molecule has 0 unspecified atom stereocenters. The van der Waals surface area contributed by atoms with E-state index >= 15 is 0 Å². The molecule has 0 saturated carbocycles. The highest BCUT2D eigenvalue weighted by Gasteiger charge is 2.39. The van der Waals surface area contributed by atoms with Gasteiger partial charge in [-0.15, -0.1) is 11.3 Å². The number of fused-ring (bicyclic) bond motifs is 2. The minimum Gasteiger partial charge on any atom is -0.490 e. The number of hydrogen-bond donors (Lipinski definition) is 2. The van der Waals surface area contributed by atoms with Crippen LogP contribution >= 0.6 is 11.3 Å². The highest BCUT2D eigenvalue weighted by Crippen LogP contribution is 2.32. The molecular weight excluding hydrogens is 516 g/mol. The van der Waals surface area contributed by atoms with E-state index in [0.717, 1.165) is 16.9 Å². The van der Waals surface area contributed by atoms with Crippen LogP contribution in [-0.2, 0) is 27.2 Å². The average Bonchev–Trinajstić information content (AvgIpc) is 3.44. The van der Waals surface area contributed by atoms with Gasteiger partial charge in [-0.05, 0) is 66.6 Å². The van der Waals surface area contributed by atoms with Gasteiger partial charge < -0.3 is 25.0 Å². The van der Waals surface area contributed by atoms with Gasteiger partial charge >= 0.3 is 0 Å². The Bertz CT molecular complexity index is 1300. The molecule has 0 bridgehead atoms. The Morgan fingerprint density at radius 3 is 2.77 bits per heavy atom. The number of amides is 3. The van der Waals surface area contributed by atoms with Crippen molar-refractivity contribution in [2.45, 2.75) is 50.4 Å². The van der Waals surface area contributed by atoms with Crippen molar-refractivity contribution in [2.24, 2.45) is 0 Å². The number of nitrogens with one attached hydrogen (secondary N) is 2. The fourth-order valence-electron chi connectivity index (χ4n) is 5.06. The van der Waals surface area contributed by atoms with E-state index in [2.05, 4.69) is 15.6 Å². The lowest BCUT2D eigenvalue weighted by Gasteiger charge is -2.42. The summed E-state index contributed by atoms with van der Waals surface area (Å²) in [5, 5.41) is 7.78. The molecule has 2 aliphatic rings. The summed E-state index contributed by atoms with van der Waals surface area (Å²) in [6, 6.07) is 12.6. The summed E-state index contributed by atoms with van der Waals surface area (Å²) >= 11 is 1.53. The second kappa shape index (κ2) is 12.4. The number of carbonyl (C=O) groups excluding carboxylic acids is 3. The maximum atomic E-state index is 13.4. The Kier molecular flexibility index (Phi) is 8.53. The first-order chi connectivity index (χ1) is 19.0. The Morgan fingerprint density at radius 1 is 1.13 bits per heavy atom. The summed E-state index contributed by atoms with van der Waals surface area (Å²) < 4.78 is 12.3. The molecule has 1 aromatic carbocycles. The lowest BCUT2D eigenvalue weighted by molar-refractivity contribution is -0.134.